The lowest BCUT2D eigenvalue weighted by Gasteiger charge is -2.18. The molecule has 2 rings (SSSR count). The van der Waals surface area contributed by atoms with Crippen molar-refractivity contribution in [2.24, 2.45) is 0 Å². The number of nitrogens with zero attached hydrogens (tertiary/aromatic N) is 3. The molecule has 0 saturated heterocycles. The minimum absolute atomic E-state index is 0.127. The Bertz CT molecular complexity index is 714. The van der Waals surface area contributed by atoms with Crippen LogP contribution in [0.3, 0.4) is 0 Å². The van der Waals surface area contributed by atoms with Crippen molar-refractivity contribution in [2.75, 3.05) is 13.7 Å². The molecule has 0 aromatic carbocycles. The number of carbonyl (C=O) groups is 2. The average Bonchev–Trinajstić information content (AvgIpc) is 3.12. The molecule has 6 nitrogen and oxygen atoms in total. The molecule has 24 heavy (non-hydrogen) atoms. The maximum Gasteiger partial charge on any atom is 0.260 e. The van der Waals surface area contributed by atoms with Crippen LogP contribution in [0.25, 0.3) is 0 Å². The van der Waals surface area contributed by atoms with E-state index in [1.54, 1.807) is 34.2 Å². The molecule has 0 saturated carbocycles. The van der Waals surface area contributed by atoms with Gasteiger partial charge in [-0.15, -0.1) is 11.3 Å². The summed E-state index contributed by atoms with van der Waals surface area (Å²) in [5.41, 5.74) is -0.0233. The number of amides is 1. The van der Waals surface area contributed by atoms with Crippen LogP contribution in [-0.4, -0.2) is 40.0 Å². The molecule has 0 aliphatic carbocycles. The van der Waals surface area contributed by atoms with Gasteiger partial charge in [-0.1, -0.05) is 6.07 Å². The molecule has 0 spiro atoms. The minimum Gasteiger partial charge on any atom is -0.480 e. The van der Waals surface area contributed by atoms with Crippen molar-refractivity contribution in [1.29, 1.82) is 0 Å². The first kappa shape index (κ1) is 18.2. The Labute approximate surface area is 146 Å². The van der Waals surface area contributed by atoms with Crippen LogP contribution in [0.1, 0.15) is 43.1 Å². The van der Waals surface area contributed by atoms with E-state index in [-0.39, 0.29) is 29.5 Å². The Morgan fingerprint density at radius 2 is 2.08 bits per heavy atom. The van der Waals surface area contributed by atoms with E-state index in [4.69, 9.17) is 4.74 Å². The average molecular weight is 349 g/mol. The lowest BCUT2D eigenvalue weighted by Crippen LogP contribution is -2.30. The van der Waals surface area contributed by atoms with E-state index < -0.39 is 0 Å². The van der Waals surface area contributed by atoms with Gasteiger partial charge in [0.1, 0.15) is 0 Å². The van der Waals surface area contributed by atoms with Crippen molar-refractivity contribution in [3.8, 4) is 5.75 Å². The quantitative estimate of drug-likeness (QED) is 0.752. The van der Waals surface area contributed by atoms with Crippen LogP contribution >= 0.6 is 11.3 Å². The normalized spacial score (nSPS) is 11.4. The van der Waals surface area contributed by atoms with Crippen LogP contribution in [0.2, 0.25) is 0 Å². The zero-order valence-electron chi connectivity index (χ0n) is 14.7. The molecule has 0 aliphatic heterocycles. The molecule has 7 heteroatoms. The number of carbonyl (C=O) groups excluding carboxylic acids is 2. The molecule has 0 radical (unpaired) electrons. The standard InChI is InChI=1S/C17H23N3O3S/c1-12(21)16-14(10-20(18-16)17(2,3)4)23-11-15(22)19(5)9-13-7-6-8-24-13/h6-8,10H,9,11H2,1-5H3. The van der Waals surface area contributed by atoms with E-state index >= 15 is 0 Å². The monoisotopic (exact) mass is 349 g/mol. The maximum absolute atomic E-state index is 12.2. The maximum atomic E-state index is 12.2. The largest absolute Gasteiger partial charge is 0.480 e. The zero-order chi connectivity index (χ0) is 17.9. The fourth-order valence-corrected chi connectivity index (χ4v) is 2.78. The highest BCUT2D eigenvalue weighted by Crippen LogP contribution is 2.23. The van der Waals surface area contributed by atoms with Crippen molar-refractivity contribution in [3.63, 3.8) is 0 Å². The van der Waals surface area contributed by atoms with Gasteiger partial charge in [-0.05, 0) is 32.2 Å². The third-order valence-corrected chi connectivity index (χ3v) is 4.31. The summed E-state index contributed by atoms with van der Waals surface area (Å²) < 4.78 is 7.26. The van der Waals surface area contributed by atoms with Crippen LogP contribution in [0.5, 0.6) is 5.75 Å². The molecule has 0 atom stereocenters. The summed E-state index contributed by atoms with van der Waals surface area (Å²) in [5, 5.41) is 6.26. The Morgan fingerprint density at radius 1 is 1.38 bits per heavy atom. The van der Waals surface area contributed by atoms with E-state index in [1.165, 1.54) is 6.92 Å². The van der Waals surface area contributed by atoms with E-state index in [0.717, 1.165) is 4.88 Å². The van der Waals surface area contributed by atoms with Gasteiger partial charge in [-0.3, -0.25) is 14.3 Å². The summed E-state index contributed by atoms with van der Waals surface area (Å²) in [5.74, 6) is 0.00379. The molecule has 0 N–H and O–H groups in total. The van der Waals surface area contributed by atoms with Gasteiger partial charge in [0.25, 0.3) is 5.91 Å². The number of hydrogen-bond acceptors (Lipinski definition) is 5. The highest BCUT2D eigenvalue weighted by Gasteiger charge is 2.22. The first-order valence-electron chi connectivity index (χ1n) is 7.68. The highest BCUT2D eigenvalue weighted by molar-refractivity contribution is 7.09. The first-order valence-corrected chi connectivity index (χ1v) is 8.56. The number of hydrogen-bond donors (Lipinski definition) is 0. The van der Waals surface area contributed by atoms with Crippen LogP contribution in [-0.2, 0) is 16.9 Å². The lowest BCUT2D eigenvalue weighted by molar-refractivity contribution is -0.132. The predicted octanol–water partition coefficient (Wildman–Crippen LogP) is 2.94. The van der Waals surface area contributed by atoms with E-state index in [0.29, 0.717) is 12.3 Å². The number of ketones is 1. The van der Waals surface area contributed by atoms with Gasteiger partial charge >= 0.3 is 0 Å². The van der Waals surface area contributed by atoms with Crippen LogP contribution in [0, 0.1) is 0 Å². The molecule has 1 amide bonds. The topological polar surface area (TPSA) is 64.4 Å². The fourth-order valence-electron chi connectivity index (χ4n) is 2.03. The van der Waals surface area contributed by atoms with Gasteiger partial charge in [-0.25, -0.2) is 0 Å². The fraction of sp³-hybridized carbons (Fsp3) is 0.471. The third kappa shape index (κ3) is 4.44. The number of rotatable bonds is 6. The molecule has 2 heterocycles. The van der Waals surface area contributed by atoms with Crippen molar-refractivity contribution >= 4 is 23.0 Å². The van der Waals surface area contributed by atoms with Crippen LogP contribution < -0.4 is 4.74 Å². The van der Waals surface area contributed by atoms with Gasteiger partial charge in [-0.2, -0.15) is 5.10 Å². The van der Waals surface area contributed by atoms with Gasteiger partial charge in [0.2, 0.25) is 0 Å². The lowest BCUT2D eigenvalue weighted by atomic mass is 10.1. The zero-order valence-corrected chi connectivity index (χ0v) is 15.5. The second-order valence-corrected chi connectivity index (χ2v) is 7.66. The molecule has 2 aromatic rings. The summed E-state index contributed by atoms with van der Waals surface area (Å²) >= 11 is 1.60. The third-order valence-electron chi connectivity index (χ3n) is 3.45. The SMILES string of the molecule is CC(=O)c1nn(C(C)(C)C)cc1OCC(=O)N(C)Cc1cccs1. The van der Waals surface area contributed by atoms with Gasteiger partial charge < -0.3 is 9.64 Å². The van der Waals surface area contributed by atoms with Crippen molar-refractivity contribution in [1.82, 2.24) is 14.7 Å². The smallest absolute Gasteiger partial charge is 0.260 e. The van der Waals surface area contributed by atoms with Crippen molar-refractivity contribution in [2.45, 2.75) is 39.8 Å². The number of aromatic nitrogens is 2. The molecule has 0 unspecified atom stereocenters. The Balaban J connectivity index is 2.04. The molecular formula is C17H23N3O3S. The number of thiophene rings is 1. The first-order chi connectivity index (χ1) is 11.2. The molecule has 0 bridgehead atoms. The number of likely N-dealkylation sites (N-methyl/N-ethyl adjacent to an activating group) is 1. The van der Waals surface area contributed by atoms with Crippen molar-refractivity contribution < 1.29 is 14.3 Å². The number of ether oxygens (including phenoxy) is 1. The summed E-state index contributed by atoms with van der Waals surface area (Å²) in [4.78, 5) is 26.7. The van der Waals surface area contributed by atoms with Crippen LogP contribution in [0.15, 0.2) is 23.7 Å². The molecule has 130 valence electrons. The Hall–Kier alpha value is -2.15. The Morgan fingerprint density at radius 3 is 2.62 bits per heavy atom. The summed E-state index contributed by atoms with van der Waals surface area (Å²) in [6.45, 7) is 7.79. The molecule has 0 fully saturated rings. The summed E-state index contributed by atoms with van der Waals surface area (Å²) in [6, 6.07) is 3.94. The highest BCUT2D eigenvalue weighted by atomic mass is 32.1. The van der Waals surface area contributed by atoms with E-state index in [9.17, 15) is 9.59 Å². The van der Waals surface area contributed by atoms with Gasteiger partial charge in [0.15, 0.2) is 23.8 Å². The molecule has 2 aromatic heterocycles. The predicted molar refractivity (Wildman–Crippen MR) is 93.5 cm³/mol. The molecular weight excluding hydrogens is 326 g/mol. The second-order valence-electron chi connectivity index (χ2n) is 6.63. The van der Waals surface area contributed by atoms with Gasteiger partial charge in [0, 0.05) is 18.8 Å². The van der Waals surface area contributed by atoms with E-state index in [2.05, 4.69) is 5.10 Å². The van der Waals surface area contributed by atoms with E-state index in [1.807, 2.05) is 38.3 Å². The second kappa shape index (κ2) is 7.17. The summed E-state index contributed by atoms with van der Waals surface area (Å²) in [6.07, 6.45) is 1.67. The van der Waals surface area contributed by atoms with Crippen LogP contribution in [0.4, 0.5) is 0 Å². The van der Waals surface area contributed by atoms with Gasteiger partial charge in [0.05, 0.1) is 18.3 Å². The number of Topliss-reactive ketones (excluding diaryl/α,β-unsaturated/α-hetero) is 1. The minimum atomic E-state index is -0.272. The summed E-state index contributed by atoms with van der Waals surface area (Å²) in [7, 11) is 1.73. The van der Waals surface area contributed by atoms with Crippen molar-refractivity contribution in [3.05, 3.63) is 34.3 Å². The molecule has 0 aliphatic rings. The Kier molecular flexibility index (Phi) is 5.43.